The van der Waals surface area contributed by atoms with E-state index >= 15 is 0 Å². The normalized spacial score (nSPS) is 10.5. The number of hydrogen-bond donors (Lipinski definition) is 3. The average Bonchev–Trinajstić information content (AvgIpc) is 2.44. The van der Waals surface area contributed by atoms with Gasteiger partial charge in [0.15, 0.2) is 10.2 Å². The minimum Gasteiger partial charge on any atom is -0.376 e. The minimum atomic E-state index is 0.251. The fourth-order valence-electron chi connectivity index (χ4n) is 1.36. The minimum absolute atomic E-state index is 0.251. The molecule has 1 aromatic carbocycles. The maximum Gasteiger partial charge on any atom is 0.181 e. The number of aromatic nitrogens is 1. The van der Waals surface area contributed by atoms with E-state index in [0.29, 0.717) is 5.13 Å². The second kappa shape index (κ2) is 3.63. The SMILES string of the molecule is Cc1cc2sc(N)nc2cc1NC(N)=S. The largest absolute Gasteiger partial charge is 0.376 e. The molecule has 2 aromatic rings. The third kappa shape index (κ3) is 2.00. The van der Waals surface area contributed by atoms with Gasteiger partial charge >= 0.3 is 0 Å². The van der Waals surface area contributed by atoms with Gasteiger partial charge in [0.1, 0.15) is 0 Å². The van der Waals surface area contributed by atoms with E-state index in [9.17, 15) is 0 Å². The number of thiazole rings is 1. The number of hydrogen-bond acceptors (Lipinski definition) is 4. The van der Waals surface area contributed by atoms with E-state index in [1.165, 1.54) is 11.3 Å². The van der Waals surface area contributed by atoms with E-state index in [2.05, 4.69) is 10.3 Å². The third-order valence-corrected chi connectivity index (χ3v) is 2.96. The number of nitrogen functional groups attached to an aromatic ring is 1. The Labute approximate surface area is 96.3 Å². The molecule has 4 nitrogen and oxygen atoms in total. The average molecular weight is 238 g/mol. The summed E-state index contributed by atoms with van der Waals surface area (Å²) in [6, 6.07) is 3.92. The second-order valence-corrected chi connectivity index (χ2v) is 4.68. The first kappa shape index (κ1) is 10.1. The summed E-state index contributed by atoms with van der Waals surface area (Å²) in [5.41, 5.74) is 13.9. The van der Waals surface area contributed by atoms with Crippen LogP contribution in [0.4, 0.5) is 10.8 Å². The molecule has 0 amide bonds. The highest BCUT2D eigenvalue weighted by Crippen LogP contribution is 2.28. The molecule has 0 aliphatic carbocycles. The quantitative estimate of drug-likeness (QED) is 0.661. The molecule has 5 N–H and O–H groups in total. The van der Waals surface area contributed by atoms with Crippen molar-refractivity contribution >= 4 is 49.7 Å². The predicted molar refractivity (Wildman–Crippen MR) is 69.2 cm³/mol. The number of nitrogens with one attached hydrogen (secondary N) is 1. The summed E-state index contributed by atoms with van der Waals surface area (Å²) in [4.78, 5) is 4.19. The molecule has 0 atom stereocenters. The van der Waals surface area contributed by atoms with Crippen molar-refractivity contribution in [3.05, 3.63) is 17.7 Å². The highest BCUT2D eigenvalue weighted by Gasteiger charge is 2.05. The number of anilines is 2. The molecule has 0 saturated heterocycles. The molecule has 0 aliphatic heterocycles. The van der Waals surface area contributed by atoms with Crippen LogP contribution in [-0.2, 0) is 0 Å². The van der Waals surface area contributed by atoms with Crippen molar-refractivity contribution in [3.8, 4) is 0 Å². The highest BCUT2D eigenvalue weighted by molar-refractivity contribution is 7.80. The van der Waals surface area contributed by atoms with Crippen LogP contribution in [-0.4, -0.2) is 10.1 Å². The molecule has 0 fully saturated rings. The lowest BCUT2D eigenvalue weighted by Crippen LogP contribution is -2.19. The van der Waals surface area contributed by atoms with Gasteiger partial charge in [-0.3, -0.25) is 0 Å². The van der Waals surface area contributed by atoms with Crippen LogP contribution in [0.1, 0.15) is 5.56 Å². The van der Waals surface area contributed by atoms with E-state index in [4.69, 9.17) is 23.7 Å². The van der Waals surface area contributed by atoms with E-state index in [-0.39, 0.29) is 5.11 Å². The van der Waals surface area contributed by atoms with Crippen LogP contribution in [0.2, 0.25) is 0 Å². The number of thiocarbonyl (C=S) groups is 1. The number of nitrogens with two attached hydrogens (primary N) is 2. The number of fused-ring (bicyclic) bond motifs is 1. The maximum atomic E-state index is 5.63. The molecule has 0 aliphatic rings. The summed E-state index contributed by atoms with van der Waals surface area (Å²) in [5, 5.41) is 3.72. The standard InChI is InChI=1S/C9H10N4S2/c1-4-2-7-6(13-9(11)15-7)3-5(4)12-8(10)14/h2-3H,1H3,(H2,11,13)(H3,10,12,14). The Morgan fingerprint density at radius 3 is 2.93 bits per heavy atom. The summed E-state index contributed by atoms with van der Waals surface area (Å²) < 4.78 is 1.07. The zero-order valence-corrected chi connectivity index (χ0v) is 9.71. The van der Waals surface area contributed by atoms with Gasteiger partial charge in [0.2, 0.25) is 0 Å². The van der Waals surface area contributed by atoms with Crippen LogP contribution < -0.4 is 16.8 Å². The summed E-state index contributed by atoms with van der Waals surface area (Å²) in [5.74, 6) is 0. The first-order valence-electron chi connectivity index (χ1n) is 4.29. The van der Waals surface area contributed by atoms with E-state index < -0.39 is 0 Å². The Balaban J connectivity index is 2.55. The Morgan fingerprint density at radius 1 is 1.53 bits per heavy atom. The van der Waals surface area contributed by atoms with Crippen molar-refractivity contribution < 1.29 is 0 Å². The zero-order chi connectivity index (χ0) is 11.0. The summed E-state index contributed by atoms with van der Waals surface area (Å²) in [6.07, 6.45) is 0. The molecule has 78 valence electrons. The van der Waals surface area contributed by atoms with Gasteiger partial charge in [0.05, 0.1) is 10.2 Å². The van der Waals surface area contributed by atoms with Gasteiger partial charge < -0.3 is 16.8 Å². The van der Waals surface area contributed by atoms with Gasteiger partial charge in [-0.1, -0.05) is 11.3 Å². The summed E-state index contributed by atoms with van der Waals surface area (Å²) in [6.45, 7) is 1.98. The molecular weight excluding hydrogens is 228 g/mol. The molecule has 0 saturated carbocycles. The molecule has 0 bridgehead atoms. The molecule has 0 spiro atoms. The van der Waals surface area contributed by atoms with Crippen LogP contribution in [0.25, 0.3) is 10.2 Å². The Kier molecular flexibility index (Phi) is 2.45. The molecular formula is C9H10N4S2. The fourth-order valence-corrected chi connectivity index (χ4v) is 2.28. The molecule has 2 rings (SSSR count). The van der Waals surface area contributed by atoms with E-state index in [1.54, 1.807) is 0 Å². The van der Waals surface area contributed by atoms with Gasteiger partial charge in [-0.2, -0.15) is 0 Å². The van der Waals surface area contributed by atoms with Crippen molar-refractivity contribution in [3.63, 3.8) is 0 Å². The lowest BCUT2D eigenvalue weighted by molar-refractivity contribution is 1.45. The van der Waals surface area contributed by atoms with Crippen molar-refractivity contribution in [2.75, 3.05) is 11.1 Å². The smallest absolute Gasteiger partial charge is 0.181 e. The van der Waals surface area contributed by atoms with E-state index in [0.717, 1.165) is 21.5 Å². The molecule has 6 heteroatoms. The zero-order valence-electron chi connectivity index (χ0n) is 8.07. The van der Waals surface area contributed by atoms with Crippen LogP contribution in [0.3, 0.4) is 0 Å². The monoisotopic (exact) mass is 238 g/mol. The third-order valence-electron chi connectivity index (χ3n) is 2.01. The van der Waals surface area contributed by atoms with Crippen molar-refractivity contribution in [2.45, 2.75) is 6.92 Å². The molecule has 15 heavy (non-hydrogen) atoms. The molecule has 0 radical (unpaired) electrons. The second-order valence-electron chi connectivity index (χ2n) is 3.18. The van der Waals surface area contributed by atoms with Crippen LogP contribution in [0.15, 0.2) is 12.1 Å². The Hall–Kier alpha value is -1.40. The van der Waals surface area contributed by atoms with Gasteiger partial charge in [0.25, 0.3) is 0 Å². The highest BCUT2D eigenvalue weighted by atomic mass is 32.1. The van der Waals surface area contributed by atoms with Gasteiger partial charge in [-0.25, -0.2) is 4.98 Å². The van der Waals surface area contributed by atoms with Gasteiger partial charge in [-0.15, -0.1) is 0 Å². The van der Waals surface area contributed by atoms with Gasteiger partial charge in [-0.05, 0) is 36.8 Å². The van der Waals surface area contributed by atoms with Crippen LogP contribution in [0, 0.1) is 6.92 Å². The van der Waals surface area contributed by atoms with Crippen LogP contribution >= 0.6 is 23.6 Å². The summed E-state index contributed by atoms with van der Waals surface area (Å²) in [7, 11) is 0. The molecule has 1 heterocycles. The predicted octanol–water partition coefficient (Wildman–Crippen LogP) is 1.84. The van der Waals surface area contributed by atoms with Gasteiger partial charge in [0, 0.05) is 5.69 Å². The number of rotatable bonds is 1. The number of benzene rings is 1. The fraction of sp³-hybridized carbons (Fsp3) is 0.111. The van der Waals surface area contributed by atoms with E-state index in [1.807, 2.05) is 19.1 Å². The molecule has 0 unspecified atom stereocenters. The lowest BCUT2D eigenvalue weighted by atomic mass is 10.2. The first-order valence-corrected chi connectivity index (χ1v) is 5.52. The Bertz CT molecular complexity index is 532. The van der Waals surface area contributed by atoms with Crippen molar-refractivity contribution in [2.24, 2.45) is 5.73 Å². The topological polar surface area (TPSA) is 77.0 Å². The maximum absolute atomic E-state index is 5.63. The number of nitrogens with zero attached hydrogens (tertiary/aromatic N) is 1. The summed E-state index contributed by atoms with van der Waals surface area (Å²) >= 11 is 6.26. The van der Waals surface area contributed by atoms with Crippen molar-refractivity contribution in [1.82, 2.24) is 4.98 Å². The Morgan fingerprint density at radius 2 is 2.27 bits per heavy atom. The molecule has 1 aromatic heterocycles. The van der Waals surface area contributed by atoms with Crippen LogP contribution in [0.5, 0.6) is 0 Å². The van der Waals surface area contributed by atoms with Crippen molar-refractivity contribution in [1.29, 1.82) is 0 Å². The number of aryl methyl sites for hydroxylation is 1. The first-order chi connectivity index (χ1) is 7.06. The lowest BCUT2D eigenvalue weighted by Gasteiger charge is -2.06.